The summed E-state index contributed by atoms with van der Waals surface area (Å²) in [5.74, 6) is 0.796. The minimum Gasteiger partial charge on any atom is -0.496 e. The lowest BCUT2D eigenvalue weighted by Crippen LogP contribution is -2.34. The van der Waals surface area contributed by atoms with Crippen LogP contribution in [-0.2, 0) is 11.2 Å². The van der Waals surface area contributed by atoms with Gasteiger partial charge in [0.15, 0.2) is 0 Å². The molecule has 104 valence electrons. The van der Waals surface area contributed by atoms with Crippen LogP contribution < -0.4 is 10.5 Å². The first-order chi connectivity index (χ1) is 9.08. The number of thiocarbonyl (C=S) groups is 1. The zero-order chi connectivity index (χ0) is 14.3. The Kier molecular flexibility index (Phi) is 6.29. The Morgan fingerprint density at radius 2 is 2.11 bits per heavy atom. The van der Waals surface area contributed by atoms with Gasteiger partial charge in [-0.15, -0.1) is 0 Å². The van der Waals surface area contributed by atoms with Gasteiger partial charge in [-0.3, -0.25) is 4.79 Å². The Morgan fingerprint density at radius 3 is 2.68 bits per heavy atom. The van der Waals surface area contributed by atoms with Crippen LogP contribution >= 0.6 is 12.2 Å². The number of carbonyl (C=O) groups is 1. The monoisotopic (exact) mass is 280 g/mol. The summed E-state index contributed by atoms with van der Waals surface area (Å²) in [6, 6.07) is 7.54. The Balaban J connectivity index is 2.68. The first-order valence-electron chi connectivity index (χ1n) is 6.26. The molecule has 1 rings (SSSR count). The minimum absolute atomic E-state index is 0.0586. The maximum Gasteiger partial charge on any atom is 0.227 e. The van der Waals surface area contributed by atoms with E-state index in [-0.39, 0.29) is 5.91 Å². The number of amides is 1. The number of carbonyl (C=O) groups excluding carboxylic acids is 1. The van der Waals surface area contributed by atoms with Gasteiger partial charge in [0.05, 0.1) is 18.5 Å². The third-order valence-electron chi connectivity index (χ3n) is 2.90. The van der Waals surface area contributed by atoms with E-state index < -0.39 is 0 Å². The van der Waals surface area contributed by atoms with Gasteiger partial charge in [0.2, 0.25) is 5.91 Å². The highest BCUT2D eigenvalue weighted by Crippen LogP contribution is 2.18. The third kappa shape index (κ3) is 4.87. The van der Waals surface area contributed by atoms with Gasteiger partial charge in [-0.1, -0.05) is 30.4 Å². The number of ether oxygens (including phenoxy) is 1. The molecule has 4 nitrogen and oxygen atoms in total. The lowest BCUT2D eigenvalue weighted by molar-refractivity contribution is -0.130. The van der Waals surface area contributed by atoms with Crippen molar-refractivity contribution in [1.82, 2.24) is 4.90 Å². The molecule has 0 aromatic heterocycles. The number of para-hydroxylation sites is 1. The van der Waals surface area contributed by atoms with Crippen LogP contribution in [0.15, 0.2) is 24.3 Å². The molecule has 0 spiro atoms. The third-order valence-corrected chi connectivity index (χ3v) is 3.10. The summed E-state index contributed by atoms with van der Waals surface area (Å²) >= 11 is 4.84. The molecular weight excluding hydrogens is 260 g/mol. The molecule has 2 N–H and O–H groups in total. The fourth-order valence-electron chi connectivity index (χ4n) is 1.83. The number of hydrogen-bond acceptors (Lipinski definition) is 3. The van der Waals surface area contributed by atoms with Crippen LogP contribution in [0.1, 0.15) is 18.9 Å². The molecule has 0 saturated heterocycles. The van der Waals surface area contributed by atoms with Crippen LogP contribution in [0.2, 0.25) is 0 Å². The van der Waals surface area contributed by atoms with E-state index in [1.807, 2.05) is 31.2 Å². The first kappa shape index (κ1) is 15.4. The number of nitrogens with two attached hydrogens (primary N) is 1. The molecule has 0 aliphatic heterocycles. The van der Waals surface area contributed by atoms with E-state index in [0.717, 1.165) is 11.3 Å². The number of hydrogen-bond donors (Lipinski definition) is 1. The molecule has 1 aromatic rings. The maximum atomic E-state index is 12.2. The number of methoxy groups -OCH3 is 1. The average molecular weight is 280 g/mol. The normalized spacial score (nSPS) is 10.0. The second kappa shape index (κ2) is 7.74. The largest absolute Gasteiger partial charge is 0.496 e. The summed E-state index contributed by atoms with van der Waals surface area (Å²) in [6.07, 6.45) is 0.885. The highest BCUT2D eigenvalue weighted by Gasteiger charge is 2.14. The van der Waals surface area contributed by atoms with Crippen molar-refractivity contribution in [2.75, 3.05) is 20.2 Å². The standard InChI is InChI=1S/C14H20N2O2S/c1-3-16(9-8-13(15)19)14(17)10-11-6-4-5-7-12(11)18-2/h4-7H,3,8-10H2,1-2H3,(H2,15,19). The molecule has 0 atom stereocenters. The van der Waals surface area contributed by atoms with Crippen LogP contribution in [0.25, 0.3) is 0 Å². The van der Waals surface area contributed by atoms with Gasteiger partial charge in [-0.2, -0.15) is 0 Å². The van der Waals surface area contributed by atoms with Crippen molar-refractivity contribution in [3.63, 3.8) is 0 Å². The minimum atomic E-state index is 0.0586. The van der Waals surface area contributed by atoms with Crippen molar-refractivity contribution in [3.05, 3.63) is 29.8 Å². The van der Waals surface area contributed by atoms with Gasteiger partial charge in [-0.25, -0.2) is 0 Å². The zero-order valence-electron chi connectivity index (χ0n) is 11.4. The summed E-state index contributed by atoms with van der Waals surface area (Å²) in [7, 11) is 1.60. The van der Waals surface area contributed by atoms with Crippen molar-refractivity contribution in [2.24, 2.45) is 5.73 Å². The number of likely N-dealkylation sites (N-methyl/N-ethyl adjacent to an activating group) is 1. The molecule has 1 amide bonds. The fraction of sp³-hybridized carbons (Fsp3) is 0.429. The first-order valence-corrected chi connectivity index (χ1v) is 6.67. The molecule has 19 heavy (non-hydrogen) atoms. The molecule has 0 saturated carbocycles. The van der Waals surface area contributed by atoms with Crippen LogP contribution in [0.5, 0.6) is 5.75 Å². The SMILES string of the molecule is CCN(CCC(N)=S)C(=O)Cc1ccccc1OC. The van der Waals surface area contributed by atoms with Crippen LogP contribution in [0.3, 0.4) is 0 Å². The van der Waals surface area contributed by atoms with Crippen LogP contribution in [-0.4, -0.2) is 36.0 Å². The summed E-state index contributed by atoms with van der Waals surface area (Å²) in [4.78, 5) is 14.4. The smallest absolute Gasteiger partial charge is 0.227 e. The van der Waals surface area contributed by atoms with Crippen molar-refractivity contribution in [2.45, 2.75) is 19.8 Å². The van der Waals surface area contributed by atoms with E-state index >= 15 is 0 Å². The number of benzene rings is 1. The molecule has 0 fully saturated rings. The van der Waals surface area contributed by atoms with Gasteiger partial charge in [-0.05, 0) is 13.0 Å². The molecule has 1 aromatic carbocycles. The van der Waals surface area contributed by atoms with Crippen LogP contribution in [0, 0.1) is 0 Å². The molecule has 0 radical (unpaired) electrons. The summed E-state index contributed by atoms with van der Waals surface area (Å²) < 4.78 is 5.25. The fourth-order valence-corrected chi connectivity index (χ4v) is 1.92. The molecular formula is C14H20N2O2S. The summed E-state index contributed by atoms with van der Waals surface area (Å²) in [6.45, 7) is 3.16. The lowest BCUT2D eigenvalue weighted by atomic mass is 10.1. The Hall–Kier alpha value is -1.62. The van der Waals surface area contributed by atoms with Crippen molar-refractivity contribution >= 4 is 23.1 Å². The quantitative estimate of drug-likeness (QED) is 0.773. The predicted octanol–water partition coefficient (Wildman–Crippen LogP) is 1.76. The summed E-state index contributed by atoms with van der Waals surface area (Å²) in [5, 5.41) is 0. The Bertz CT molecular complexity index is 449. The second-order valence-corrected chi connectivity index (χ2v) is 4.70. The Labute approximate surface area is 119 Å². The van der Waals surface area contributed by atoms with Gasteiger partial charge in [0.1, 0.15) is 5.75 Å². The van der Waals surface area contributed by atoms with Crippen molar-refractivity contribution in [3.8, 4) is 5.75 Å². The van der Waals surface area contributed by atoms with Crippen molar-refractivity contribution < 1.29 is 9.53 Å². The molecule has 0 heterocycles. The van der Waals surface area contributed by atoms with Gasteiger partial charge >= 0.3 is 0 Å². The average Bonchev–Trinajstić information content (AvgIpc) is 2.39. The zero-order valence-corrected chi connectivity index (χ0v) is 12.2. The predicted molar refractivity (Wildman–Crippen MR) is 80.4 cm³/mol. The molecule has 0 unspecified atom stereocenters. The van der Waals surface area contributed by atoms with Crippen LogP contribution in [0.4, 0.5) is 0 Å². The van der Waals surface area contributed by atoms with E-state index in [9.17, 15) is 4.79 Å². The van der Waals surface area contributed by atoms with Gasteiger partial charge < -0.3 is 15.4 Å². The number of nitrogens with zero attached hydrogens (tertiary/aromatic N) is 1. The van der Waals surface area contributed by atoms with Gasteiger partial charge in [0, 0.05) is 25.1 Å². The van der Waals surface area contributed by atoms with Gasteiger partial charge in [0.25, 0.3) is 0 Å². The molecule has 0 aliphatic rings. The molecule has 0 aliphatic carbocycles. The highest BCUT2D eigenvalue weighted by molar-refractivity contribution is 7.80. The second-order valence-electron chi connectivity index (χ2n) is 4.18. The topological polar surface area (TPSA) is 55.6 Å². The number of rotatable bonds is 7. The van der Waals surface area contributed by atoms with E-state index in [0.29, 0.717) is 30.9 Å². The molecule has 5 heteroatoms. The van der Waals surface area contributed by atoms with E-state index in [1.54, 1.807) is 12.0 Å². The van der Waals surface area contributed by atoms with Crippen molar-refractivity contribution in [1.29, 1.82) is 0 Å². The Morgan fingerprint density at radius 1 is 1.42 bits per heavy atom. The lowest BCUT2D eigenvalue weighted by Gasteiger charge is -2.21. The summed E-state index contributed by atoms with van der Waals surface area (Å²) in [5.41, 5.74) is 6.36. The van der Waals surface area contributed by atoms with E-state index in [2.05, 4.69) is 0 Å². The van der Waals surface area contributed by atoms with E-state index in [4.69, 9.17) is 22.7 Å². The van der Waals surface area contributed by atoms with E-state index in [1.165, 1.54) is 0 Å². The maximum absolute atomic E-state index is 12.2. The highest BCUT2D eigenvalue weighted by atomic mass is 32.1. The molecule has 0 bridgehead atoms.